The van der Waals surface area contributed by atoms with E-state index in [1.165, 1.54) is 0 Å². The molecular weight excluding hydrogens is 1380 g/mol. The van der Waals surface area contributed by atoms with Gasteiger partial charge < -0.3 is 33.8 Å². The van der Waals surface area contributed by atoms with Crippen LogP contribution in [-0.2, 0) is 65.4 Å². The van der Waals surface area contributed by atoms with Crippen molar-refractivity contribution in [3.05, 3.63) is 207 Å². The van der Waals surface area contributed by atoms with Gasteiger partial charge in [0.25, 0.3) is 0 Å². The van der Waals surface area contributed by atoms with Crippen LogP contribution >= 0.6 is 15.6 Å². The summed E-state index contributed by atoms with van der Waals surface area (Å²) in [7, 11) is -10.0. The fraction of sp³-hybridized carbons (Fsp3) is 0.563. The number of aliphatic hydroxyl groups excluding tert-OH is 1. The van der Waals surface area contributed by atoms with Crippen LogP contribution in [0.5, 0.6) is 0 Å². The molecule has 3 N–H and O–H groups in total. The molecule has 19 heteroatoms. The lowest BCUT2D eigenvalue weighted by Gasteiger charge is -2.21. The van der Waals surface area contributed by atoms with E-state index >= 15 is 0 Å². The zero-order chi connectivity index (χ0) is 77.4. The molecule has 0 amide bonds. The predicted molar refractivity (Wildman–Crippen MR) is 435 cm³/mol. The SMILES string of the molecule is CC/C=C\C/C=C\C/C=C\C/C=C\C/C=C\CCCCCC(=O)OCC(COP(=O)(O)OCC(O)COP(=O)(O)OCC(COC(=O)CCCCCC/C=C\C/C=C\C/C=C\C/C=C\CC)OC(=O)C/C=C\C/C=C\C/C=C\C/C=C\C/C=C\CC)OC(=O)CCCCCCC/C=C\C/C=C\C/C=C\CC. The third-order valence-electron chi connectivity index (χ3n) is 15.3. The lowest BCUT2D eigenvalue weighted by Crippen LogP contribution is -2.30. The van der Waals surface area contributed by atoms with Gasteiger partial charge in [0.2, 0.25) is 0 Å². The molecular formula is C87H136O17P2. The maximum atomic E-state index is 13.1. The molecule has 106 heavy (non-hydrogen) atoms. The largest absolute Gasteiger partial charge is 0.472 e. The standard InChI is InChI=1S/C87H136O17P2/c1-5-9-13-17-21-25-29-33-37-39-40-42-46-48-52-56-60-64-68-72-85(90)98-78-83(104-87(92)74-70-66-62-58-54-50-44-36-32-28-24-20-16-12-8-4)80-102-106(95,96)100-76-81(88)75-99-105(93,94)101-79-82(103-86(91)73-69-65-61-57-53-49-43-35-31-27-23-19-15-11-7-3)77-97-84(89)71-67-63-59-55-51-47-45-41-38-34-30-26-22-18-14-10-6-2/h9-16,21-28,33-38,40,42-45,47-48,52-53,57,65,69,81-83,88H,5-8,17-20,29-32,39,41,46,49-51,54-56,58-64,66-68,70-80H2,1-4H3,(H,93,94)(H,95,96)/b13-9-,14-10-,15-11-,16-12-,25-21-,26-22-,27-23-,28-24-,37-33-,38-34-,42-40-,43-35-,44-36-,47-45-,52-48-,57-53-,69-65-. The minimum atomic E-state index is -5.02. The van der Waals surface area contributed by atoms with E-state index in [-0.39, 0.29) is 25.7 Å². The smallest absolute Gasteiger partial charge is 0.462 e. The van der Waals surface area contributed by atoms with Gasteiger partial charge in [0.05, 0.1) is 32.8 Å². The van der Waals surface area contributed by atoms with Gasteiger partial charge in [0.15, 0.2) is 12.2 Å². The number of phosphoric acid groups is 2. The van der Waals surface area contributed by atoms with E-state index in [0.717, 1.165) is 180 Å². The van der Waals surface area contributed by atoms with E-state index in [1.807, 2.05) is 12.2 Å². The molecule has 0 bridgehead atoms. The van der Waals surface area contributed by atoms with Crippen LogP contribution in [0.2, 0.25) is 0 Å². The summed E-state index contributed by atoms with van der Waals surface area (Å²) in [4.78, 5) is 73.0. The van der Waals surface area contributed by atoms with E-state index < -0.39 is 97.5 Å². The fourth-order valence-electron chi connectivity index (χ4n) is 9.44. The number of ether oxygens (including phenoxy) is 4. The molecule has 596 valence electrons. The molecule has 0 aliphatic carbocycles. The number of allylic oxidation sites excluding steroid dienone is 33. The molecule has 0 saturated carbocycles. The van der Waals surface area contributed by atoms with Crippen molar-refractivity contribution in [3.8, 4) is 0 Å². The number of carbonyl (C=O) groups is 4. The second kappa shape index (κ2) is 76.8. The molecule has 0 heterocycles. The Hall–Kier alpha value is -6.36. The van der Waals surface area contributed by atoms with Gasteiger partial charge >= 0.3 is 39.5 Å². The molecule has 0 aromatic heterocycles. The third-order valence-corrected chi connectivity index (χ3v) is 17.2. The maximum absolute atomic E-state index is 13.1. The molecule has 0 fully saturated rings. The second-order valence-corrected chi connectivity index (χ2v) is 28.0. The van der Waals surface area contributed by atoms with Crippen molar-refractivity contribution in [2.75, 3.05) is 39.6 Å². The van der Waals surface area contributed by atoms with Gasteiger partial charge in [-0.3, -0.25) is 37.3 Å². The van der Waals surface area contributed by atoms with E-state index in [2.05, 4.69) is 210 Å². The zero-order valence-corrected chi connectivity index (χ0v) is 66.8. The van der Waals surface area contributed by atoms with Gasteiger partial charge in [0, 0.05) is 19.3 Å². The van der Waals surface area contributed by atoms with Crippen molar-refractivity contribution in [1.29, 1.82) is 0 Å². The van der Waals surface area contributed by atoms with Gasteiger partial charge in [-0.1, -0.05) is 273 Å². The summed E-state index contributed by atoms with van der Waals surface area (Å²) in [6.45, 7) is 4.18. The number of phosphoric ester groups is 2. The van der Waals surface area contributed by atoms with Gasteiger partial charge in [-0.2, -0.15) is 0 Å². The first-order valence-electron chi connectivity index (χ1n) is 39.3. The van der Waals surface area contributed by atoms with Crippen LogP contribution in [-0.4, -0.2) is 96.7 Å². The first-order chi connectivity index (χ1) is 51.7. The summed E-state index contributed by atoms with van der Waals surface area (Å²) in [5.41, 5.74) is 0. The highest BCUT2D eigenvalue weighted by Crippen LogP contribution is 2.45. The van der Waals surface area contributed by atoms with Gasteiger partial charge in [-0.25, -0.2) is 9.13 Å². The first kappa shape index (κ1) is 99.6. The quantitative estimate of drug-likeness (QED) is 0.0169. The van der Waals surface area contributed by atoms with Crippen LogP contribution in [0, 0.1) is 0 Å². The van der Waals surface area contributed by atoms with Crippen LogP contribution in [0.1, 0.15) is 259 Å². The fourth-order valence-corrected chi connectivity index (χ4v) is 11.0. The van der Waals surface area contributed by atoms with Crippen LogP contribution in [0.4, 0.5) is 0 Å². The number of rotatable bonds is 71. The highest BCUT2D eigenvalue weighted by atomic mass is 31.2. The predicted octanol–water partition coefficient (Wildman–Crippen LogP) is 23.1. The molecule has 5 atom stereocenters. The number of esters is 4. The Morgan fingerprint density at radius 1 is 0.274 bits per heavy atom. The van der Waals surface area contributed by atoms with Crippen LogP contribution in [0.15, 0.2) is 207 Å². The Labute approximate surface area is 639 Å². The number of unbranched alkanes of at least 4 members (excludes halogenated alkanes) is 12. The van der Waals surface area contributed by atoms with Crippen molar-refractivity contribution < 1.29 is 80.2 Å². The highest BCUT2D eigenvalue weighted by Gasteiger charge is 2.30. The summed E-state index contributed by atoms with van der Waals surface area (Å²) < 4.78 is 68.4. The molecule has 17 nitrogen and oxygen atoms in total. The van der Waals surface area contributed by atoms with Crippen molar-refractivity contribution in [2.45, 2.75) is 277 Å². The first-order valence-corrected chi connectivity index (χ1v) is 42.3. The molecule has 0 aromatic rings. The number of aliphatic hydroxyl groups is 1. The summed E-state index contributed by atoms with van der Waals surface area (Å²) in [6.07, 6.45) is 95.6. The van der Waals surface area contributed by atoms with Gasteiger partial charge in [-0.15, -0.1) is 0 Å². The third kappa shape index (κ3) is 75.9. The molecule has 0 saturated heterocycles. The van der Waals surface area contributed by atoms with Crippen LogP contribution < -0.4 is 0 Å². The molecule has 5 unspecified atom stereocenters. The average molecular weight is 1520 g/mol. The average Bonchev–Trinajstić information content (AvgIpc) is 0.909. The zero-order valence-electron chi connectivity index (χ0n) is 65.0. The van der Waals surface area contributed by atoms with Crippen molar-refractivity contribution in [1.82, 2.24) is 0 Å². The van der Waals surface area contributed by atoms with E-state index in [1.54, 1.807) is 12.2 Å². The summed E-state index contributed by atoms with van der Waals surface area (Å²) in [5.74, 6) is -2.43. The topological polar surface area (TPSA) is 237 Å². The van der Waals surface area contributed by atoms with Crippen LogP contribution in [0.3, 0.4) is 0 Å². The molecule has 0 aromatic carbocycles. The Morgan fingerprint density at radius 3 is 0.802 bits per heavy atom. The monoisotopic (exact) mass is 1510 g/mol. The summed E-state index contributed by atoms with van der Waals surface area (Å²) in [5, 5.41) is 10.6. The lowest BCUT2D eigenvalue weighted by molar-refractivity contribution is -0.161. The minimum absolute atomic E-state index is 0.0558. The van der Waals surface area contributed by atoms with Crippen molar-refractivity contribution in [2.24, 2.45) is 0 Å². The summed E-state index contributed by atoms with van der Waals surface area (Å²) in [6, 6.07) is 0. The van der Waals surface area contributed by atoms with Gasteiger partial charge in [0.1, 0.15) is 19.3 Å². The lowest BCUT2D eigenvalue weighted by atomic mass is 10.1. The van der Waals surface area contributed by atoms with Crippen molar-refractivity contribution in [3.63, 3.8) is 0 Å². The summed E-state index contributed by atoms with van der Waals surface area (Å²) >= 11 is 0. The second-order valence-electron chi connectivity index (χ2n) is 25.1. The van der Waals surface area contributed by atoms with Crippen LogP contribution in [0.25, 0.3) is 0 Å². The number of hydrogen-bond donors (Lipinski definition) is 3. The van der Waals surface area contributed by atoms with Gasteiger partial charge in [-0.05, 0) is 167 Å². The minimum Gasteiger partial charge on any atom is -0.462 e. The number of hydrogen-bond acceptors (Lipinski definition) is 15. The molecule has 0 radical (unpaired) electrons. The van der Waals surface area contributed by atoms with E-state index in [0.29, 0.717) is 25.7 Å². The molecule has 0 aliphatic heterocycles. The molecule has 0 aliphatic rings. The normalized spacial score (nSPS) is 15.0. The molecule has 0 spiro atoms. The van der Waals surface area contributed by atoms with E-state index in [9.17, 15) is 43.2 Å². The highest BCUT2D eigenvalue weighted by molar-refractivity contribution is 7.47. The maximum Gasteiger partial charge on any atom is 0.472 e. The Morgan fingerprint density at radius 2 is 0.500 bits per heavy atom. The Bertz CT molecular complexity index is 2830. The molecule has 0 rings (SSSR count). The number of carbonyl (C=O) groups excluding carboxylic acids is 4. The Kier molecular flexibility index (Phi) is 72.2. The van der Waals surface area contributed by atoms with E-state index in [4.69, 9.17) is 37.0 Å². The van der Waals surface area contributed by atoms with Crippen molar-refractivity contribution >= 4 is 39.5 Å². The Balaban J connectivity index is 5.52.